The minimum Gasteiger partial charge on any atom is -0.424 e. The van der Waals surface area contributed by atoms with Crippen molar-refractivity contribution in [1.29, 1.82) is 0 Å². The summed E-state index contributed by atoms with van der Waals surface area (Å²) >= 11 is 3.22. The summed E-state index contributed by atoms with van der Waals surface area (Å²) in [6.07, 6.45) is 1.62. The van der Waals surface area contributed by atoms with Crippen LogP contribution in [0, 0.1) is 12.7 Å². The molecule has 0 unspecified atom stereocenters. The molecule has 0 N–H and O–H groups in total. The molecule has 1 aliphatic rings. The van der Waals surface area contributed by atoms with Crippen LogP contribution in [0.1, 0.15) is 11.8 Å². The van der Waals surface area contributed by atoms with Crippen molar-refractivity contribution in [2.75, 3.05) is 31.1 Å². The smallest absolute Gasteiger partial charge is 0.230 e. The normalized spacial score (nSPS) is 16.4. The van der Waals surface area contributed by atoms with E-state index in [4.69, 9.17) is 4.42 Å². The zero-order valence-corrected chi connectivity index (χ0v) is 13.2. The van der Waals surface area contributed by atoms with Gasteiger partial charge in [0.1, 0.15) is 0 Å². The van der Waals surface area contributed by atoms with E-state index in [1.807, 2.05) is 4.90 Å². The molecule has 0 atom stereocenters. The Kier molecular flexibility index (Phi) is 4.16. The first-order valence-electron chi connectivity index (χ1n) is 6.69. The molecule has 1 fully saturated rings. The van der Waals surface area contributed by atoms with Crippen LogP contribution in [0.5, 0.6) is 0 Å². The van der Waals surface area contributed by atoms with Crippen LogP contribution >= 0.6 is 15.9 Å². The van der Waals surface area contributed by atoms with Crippen molar-refractivity contribution in [3.63, 3.8) is 0 Å². The first-order valence-corrected chi connectivity index (χ1v) is 7.48. The number of rotatable bonds is 3. The Bertz CT molecular complexity index is 627. The molecule has 2 aromatic heterocycles. The molecule has 3 heterocycles. The maximum absolute atomic E-state index is 13.9. The van der Waals surface area contributed by atoms with Crippen LogP contribution < -0.4 is 4.90 Å². The summed E-state index contributed by atoms with van der Waals surface area (Å²) in [6.45, 7) is 5.45. The Morgan fingerprint density at radius 3 is 2.67 bits per heavy atom. The molecular weight excluding hydrogens is 341 g/mol. The highest BCUT2D eigenvalue weighted by Crippen LogP contribution is 2.21. The van der Waals surface area contributed by atoms with E-state index >= 15 is 0 Å². The Hall–Kier alpha value is -1.54. The fourth-order valence-electron chi connectivity index (χ4n) is 2.35. The molecule has 2 aromatic rings. The van der Waals surface area contributed by atoms with Gasteiger partial charge in [-0.1, -0.05) is 0 Å². The third kappa shape index (κ3) is 3.38. The molecular formula is C13H15BrFN5O. The van der Waals surface area contributed by atoms with Crippen LogP contribution in [0.2, 0.25) is 0 Å². The van der Waals surface area contributed by atoms with E-state index < -0.39 is 0 Å². The van der Waals surface area contributed by atoms with Crippen molar-refractivity contribution in [3.8, 4) is 0 Å². The predicted molar refractivity (Wildman–Crippen MR) is 78.4 cm³/mol. The van der Waals surface area contributed by atoms with E-state index in [2.05, 4.69) is 36.0 Å². The van der Waals surface area contributed by atoms with Gasteiger partial charge in [-0.25, -0.2) is 9.37 Å². The SMILES string of the molecule is Cc1nnc(CN2CCN(c3ncc(Br)cc3F)CC2)o1. The number of aryl methyl sites for hydroxylation is 1. The quantitative estimate of drug-likeness (QED) is 0.839. The minimum absolute atomic E-state index is 0.301. The number of hydrogen-bond donors (Lipinski definition) is 0. The molecule has 0 spiro atoms. The Labute approximate surface area is 130 Å². The van der Waals surface area contributed by atoms with Crippen molar-refractivity contribution >= 4 is 21.7 Å². The Morgan fingerprint density at radius 1 is 1.29 bits per heavy atom. The molecule has 0 aliphatic carbocycles. The summed E-state index contributed by atoms with van der Waals surface area (Å²) in [5, 5.41) is 7.81. The lowest BCUT2D eigenvalue weighted by Gasteiger charge is -2.34. The Balaban J connectivity index is 1.59. The lowest BCUT2D eigenvalue weighted by molar-refractivity contribution is 0.224. The van der Waals surface area contributed by atoms with E-state index in [0.29, 0.717) is 28.6 Å². The van der Waals surface area contributed by atoms with Crippen molar-refractivity contribution in [3.05, 3.63) is 34.3 Å². The number of hydrogen-bond acceptors (Lipinski definition) is 6. The number of halogens is 2. The topological polar surface area (TPSA) is 58.3 Å². The van der Waals surface area contributed by atoms with Gasteiger partial charge in [-0.3, -0.25) is 4.90 Å². The first-order chi connectivity index (χ1) is 10.1. The molecule has 0 amide bonds. The molecule has 1 saturated heterocycles. The van der Waals surface area contributed by atoms with Gasteiger partial charge in [-0.05, 0) is 22.0 Å². The second-order valence-corrected chi connectivity index (χ2v) is 5.85. The molecule has 0 aromatic carbocycles. The van der Waals surface area contributed by atoms with Gasteiger partial charge in [0.15, 0.2) is 11.6 Å². The lowest BCUT2D eigenvalue weighted by Crippen LogP contribution is -2.46. The minimum atomic E-state index is -0.301. The highest BCUT2D eigenvalue weighted by Gasteiger charge is 2.21. The highest BCUT2D eigenvalue weighted by atomic mass is 79.9. The van der Waals surface area contributed by atoms with Crippen LogP contribution in [0.3, 0.4) is 0 Å². The number of anilines is 1. The monoisotopic (exact) mass is 355 g/mol. The largest absolute Gasteiger partial charge is 0.424 e. The zero-order valence-electron chi connectivity index (χ0n) is 11.6. The summed E-state index contributed by atoms with van der Waals surface area (Å²) in [7, 11) is 0. The van der Waals surface area contributed by atoms with Gasteiger partial charge in [-0.2, -0.15) is 0 Å². The Morgan fingerprint density at radius 2 is 2.05 bits per heavy atom. The van der Waals surface area contributed by atoms with Gasteiger partial charge < -0.3 is 9.32 Å². The van der Waals surface area contributed by atoms with E-state index in [1.165, 1.54) is 6.07 Å². The first kappa shape index (κ1) is 14.4. The van der Waals surface area contributed by atoms with Crippen LogP contribution in [-0.4, -0.2) is 46.3 Å². The summed E-state index contributed by atoms with van der Waals surface area (Å²) in [6, 6.07) is 1.44. The van der Waals surface area contributed by atoms with Gasteiger partial charge in [-0.15, -0.1) is 10.2 Å². The molecule has 8 heteroatoms. The molecule has 0 radical (unpaired) electrons. The van der Waals surface area contributed by atoms with E-state index in [-0.39, 0.29) is 5.82 Å². The molecule has 112 valence electrons. The van der Waals surface area contributed by atoms with Crippen LogP contribution in [0.4, 0.5) is 10.2 Å². The van der Waals surface area contributed by atoms with Crippen molar-refractivity contribution in [2.24, 2.45) is 0 Å². The molecule has 6 nitrogen and oxygen atoms in total. The van der Waals surface area contributed by atoms with Gasteiger partial charge in [0.25, 0.3) is 0 Å². The maximum atomic E-state index is 13.9. The predicted octanol–water partition coefficient (Wildman–Crippen LogP) is 2.00. The molecule has 1 aliphatic heterocycles. The highest BCUT2D eigenvalue weighted by molar-refractivity contribution is 9.10. The second kappa shape index (κ2) is 6.07. The molecule has 21 heavy (non-hydrogen) atoms. The van der Waals surface area contributed by atoms with E-state index in [1.54, 1.807) is 13.1 Å². The average Bonchev–Trinajstić information content (AvgIpc) is 2.85. The number of pyridine rings is 1. The zero-order chi connectivity index (χ0) is 14.8. The number of nitrogens with zero attached hydrogens (tertiary/aromatic N) is 5. The van der Waals surface area contributed by atoms with Crippen molar-refractivity contribution < 1.29 is 8.81 Å². The molecule has 0 saturated carbocycles. The lowest BCUT2D eigenvalue weighted by atomic mass is 10.3. The fraction of sp³-hybridized carbons (Fsp3) is 0.462. The summed E-state index contributed by atoms with van der Waals surface area (Å²) in [5.41, 5.74) is 0. The van der Waals surface area contributed by atoms with Gasteiger partial charge in [0.2, 0.25) is 11.8 Å². The number of aromatic nitrogens is 3. The summed E-state index contributed by atoms with van der Waals surface area (Å²) in [5.74, 6) is 1.30. The third-order valence-electron chi connectivity index (χ3n) is 3.39. The van der Waals surface area contributed by atoms with Crippen molar-refractivity contribution in [1.82, 2.24) is 20.1 Å². The van der Waals surface area contributed by atoms with Crippen LogP contribution in [0.25, 0.3) is 0 Å². The number of piperazine rings is 1. The fourth-order valence-corrected chi connectivity index (χ4v) is 2.65. The van der Waals surface area contributed by atoms with E-state index in [9.17, 15) is 4.39 Å². The van der Waals surface area contributed by atoms with Crippen LogP contribution in [-0.2, 0) is 6.54 Å². The van der Waals surface area contributed by atoms with Crippen LogP contribution in [0.15, 0.2) is 21.2 Å². The average molecular weight is 356 g/mol. The van der Waals surface area contributed by atoms with Gasteiger partial charge in [0.05, 0.1) is 6.54 Å². The maximum Gasteiger partial charge on any atom is 0.230 e. The van der Waals surface area contributed by atoms with Crippen molar-refractivity contribution in [2.45, 2.75) is 13.5 Å². The third-order valence-corrected chi connectivity index (χ3v) is 3.82. The standard InChI is InChI=1S/C13H15BrFN5O/c1-9-17-18-12(21-9)8-19-2-4-20(5-3-19)13-11(15)6-10(14)7-16-13/h6-7H,2-5,8H2,1H3. The van der Waals surface area contributed by atoms with Gasteiger partial charge in [0, 0.05) is 43.8 Å². The second-order valence-electron chi connectivity index (χ2n) is 4.94. The van der Waals surface area contributed by atoms with E-state index in [0.717, 1.165) is 26.2 Å². The molecule has 0 bridgehead atoms. The summed E-state index contributed by atoms with van der Waals surface area (Å²) < 4.78 is 19.9. The van der Waals surface area contributed by atoms with Gasteiger partial charge >= 0.3 is 0 Å². The summed E-state index contributed by atoms with van der Waals surface area (Å²) in [4.78, 5) is 8.32. The molecule has 3 rings (SSSR count).